The molecule has 1 heterocycles. The van der Waals surface area contributed by atoms with Gasteiger partial charge in [0, 0.05) is 17.6 Å². The zero-order chi connectivity index (χ0) is 15.4. The molecular weight excluding hydrogens is 338 g/mol. The number of nitrogens with one attached hydrogen (secondary N) is 1. The van der Waals surface area contributed by atoms with Crippen LogP contribution in [0.5, 0.6) is 0 Å². The van der Waals surface area contributed by atoms with Gasteiger partial charge in [-0.15, -0.1) is 0 Å². The molecule has 1 aromatic rings. The Morgan fingerprint density at radius 3 is 2.71 bits per heavy atom. The first kappa shape index (κ1) is 15.9. The fourth-order valence-corrected chi connectivity index (χ4v) is 2.56. The molecule has 2 atom stereocenters. The number of carbonyl (C=O) groups is 2. The second-order valence-electron chi connectivity index (χ2n) is 4.94. The lowest BCUT2D eigenvalue weighted by atomic mass is 10.1. The van der Waals surface area contributed by atoms with Gasteiger partial charge in [-0.05, 0) is 24.6 Å². The zero-order valence-corrected chi connectivity index (χ0v) is 13.3. The summed E-state index contributed by atoms with van der Waals surface area (Å²) in [4.78, 5) is 24.6. The molecule has 2 rings (SSSR count). The number of amides is 3. The van der Waals surface area contributed by atoms with Crippen molar-refractivity contribution in [1.29, 1.82) is 0 Å². The molecule has 114 valence electrons. The highest BCUT2D eigenvalue weighted by Crippen LogP contribution is 2.24. The Morgan fingerprint density at radius 1 is 1.43 bits per heavy atom. The fourth-order valence-electron chi connectivity index (χ4n) is 2.29. The van der Waals surface area contributed by atoms with Crippen LogP contribution in [0.3, 0.4) is 0 Å². The lowest BCUT2D eigenvalue weighted by Crippen LogP contribution is -2.52. The Hall–Kier alpha value is -1.44. The van der Waals surface area contributed by atoms with Crippen molar-refractivity contribution in [3.63, 3.8) is 0 Å². The molecule has 7 heteroatoms. The van der Waals surface area contributed by atoms with Gasteiger partial charge in [0.25, 0.3) is 0 Å². The molecule has 3 N–H and O–H groups in total. The maximum absolute atomic E-state index is 11.8. The van der Waals surface area contributed by atoms with Gasteiger partial charge < -0.3 is 10.5 Å². The van der Waals surface area contributed by atoms with E-state index in [4.69, 9.17) is 10.5 Å². The Balaban J connectivity index is 2.01. The van der Waals surface area contributed by atoms with Crippen LogP contribution in [0.25, 0.3) is 0 Å². The number of ether oxygens (including phenoxy) is 1. The molecule has 6 nitrogen and oxygen atoms in total. The topological polar surface area (TPSA) is 84.7 Å². The lowest BCUT2D eigenvalue weighted by Gasteiger charge is -2.36. The minimum atomic E-state index is -0.829. The Labute approximate surface area is 131 Å². The molecule has 3 amide bonds. The van der Waals surface area contributed by atoms with Crippen LogP contribution in [0.1, 0.15) is 18.6 Å². The molecule has 1 fully saturated rings. The smallest absolute Gasteiger partial charge is 0.318 e. The van der Waals surface area contributed by atoms with E-state index in [1.54, 1.807) is 6.92 Å². The van der Waals surface area contributed by atoms with E-state index < -0.39 is 12.1 Å². The van der Waals surface area contributed by atoms with Crippen molar-refractivity contribution in [2.45, 2.75) is 19.1 Å². The first-order valence-electron chi connectivity index (χ1n) is 6.69. The van der Waals surface area contributed by atoms with Gasteiger partial charge in [-0.3, -0.25) is 15.0 Å². The second-order valence-corrected chi connectivity index (χ2v) is 5.85. The summed E-state index contributed by atoms with van der Waals surface area (Å²) in [6.07, 6.45) is -0.0873. The molecule has 1 aromatic carbocycles. The first-order chi connectivity index (χ1) is 9.97. The summed E-state index contributed by atoms with van der Waals surface area (Å²) in [5.41, 5.74) is 6.04. The number of hydrogen-bond donors (Lipinski definition) is 2. The van der Waals surface area contributed by atoms with E-state index in [0.717, 1.165) is 10.0 Å². The molecule has 1 aliphatic heterocycles. The third kappa shape index (κ3) is 4.26. The van der Waals surface area contributed by atoms with E-state index in [1.807, 2.05) is 29.2 Å². The molecule has 1 aliphatic rings. The number of urea groups is 1. The highest BCUT2D eigenvalue weighted by Gasteiger charge is 2.29. The summed E-state index contributed by atoms with van der Waals surface area (Å²) in [5, 5.41) is 2.11. The number of imide groups is 1. The maximum atomic E-state index is 11.8. The zero-order valence-electron chi connectivity index (χ0n) is 11.7. The van der Waals surface area contributed by atoms with Crippen LogP contribution in [0, 0.1) is 0 Å². The van der Waals surface area contributed by atoms with Crippen LogP contribution in [0.2, 0.25) is 0 Å². The monoisotopic (exact) mass is 355 g/mol. The standard InChI is InChI=1S/C14H18BrN3O3/c1-9(13(19)17-14(16)20)18-6-7-21-12(8-18)10-2-4-11(15)5-3-10/h2-5,9,12H,6-8H2,1H3,(H3,16,17,19,20)/t9-,12-/m1/s1. The summed E-state index contributed by atoms with van der Waals surface area (Å²) < 4.78 is 6.77. The van der Waals surface area contributed by atoms with Crippen LogP contribution in [0.15, 0.2) is 28.7 Å². The normalized spacial score (nSPS) is 20.8. The third-order valence-corrected chi connectivity index (χ3v) is 4.04. The van der Waals surface area contributed by atoms with Crippen LogP contribution in [-0.2, 0) is 9.53 Å². The largest absolute Gasteiger partial charge is 0.371 e. The van der Waals surface area contributed by atoms with Gasteiger partial charge in [0.15, 0.2) is 0 Å². The number of nitrogens with two attached hydrogens (primary N) is 1. The molecule has 0 unspecified atom stereocenters. The predicted molar refractivity (Wildman–Crippen MR) is 81.6 cm³/mol. The summed E-state index contributed by atoms with van der Waals surface area (Å²) in [6, 6.07) is 6.64. The van der Waals surface area contributed by atoms with Gasteiger partial charge in [-0.2, -0.15) is 0 Å². The molecule has 1 saturated heterocycles. The van der Waals surface area contributed by atoms with Crippen LogP contribution >= 0.6 is 15.9 Å². The molecular formula is C14H18BrN3O3. The first-order valence-corrected chi connectivity index (χ1v) is 7.48. The number of hydrogen-bond acceptors (Lipinski definition) is 4. The van der Waals surface area contributed by atoms with E-state index in [-0.39, 0.29) is 12.0 Å². The van der Waals surface area contributed by atoms with Gasteiger partial charge in [0.05, 0.1) is 18.8 Å². The van der Waals surface area contributed by atoms with Crippen molar-refractivity contribution < 1.29 is 14.3 Å². The van der Waals surface area contributed by atoms with E-state index in [1.165, 1.54) is 0 Å². The van der Waals surface area contributed by atoms with Crippen molar-refractivity contribution in [2.75, 3.05) is 19.7 Å². The summed E-state index contributed by atoms with van der Waals surface area (Å²) in [5.74, 6) is -0.390. The molecule has 0 aliphatic carbocycles. The highest BCUT2D eigenvalue weighted by atomic mass is 79.9. The SMILES string of the molecule is C[C@H](C(=O)NC(N)=O)N1CCO[C@@H](c2ccc(Br)cc2)C1. The second kappa shape index (κ2) is 7.02. The van der Waals surface area contributed by atoms with Crippen molar-refractivity contribution in [2.24, 2.45) is 5.73 Å². The summed E-state index contributed by atoms with van der Waals surface area (Å²) in [7, 11) is 0. The lowest BCUT2D eigenvalue weighted by molar-refractivity contribution is -0.128. The van der Waals surface area contributed by atoms with E-state index in [2.05, 4.69) is 21.2 Å². The van der Waals surface area contributed by atoms with Crippen LogP contribution in [0.4, 0.5) is 4.79 Å². The number of rotatable bonds is 3. The average Bonchev–Trinajstić information content (AvgIpc) is 2.46. The fraction of sp³-hybridized carbons (Fsp3) is 0.429. The van der Waals surface area contributed by atoms with Crippen molar-refractivity contribution in [3.8, 4) is 0 Å². The maximum Gasteiger partial charge on any atom is 0.318 e. The quantitative estimate of drug-likeness (QED) is 0.858. The third-order valence-electron chi connectivity index (χ3n) is 3.51. The van der Waals surface area contributed by atoms with Gasteiger partial charge in [0.2, 0.25) is 5.91 Å². The number of morpholine rings is 1. The van der Waals surface area contributed by atoms with Gasteiger partial charge in [-0.1, -0.05) is 28.1 Å². The number of benzene rings is 1. The molecule has 21 heavy (non-hydrogen) atoms. The van der Waals surface area contributed by atoms with E-state index in [9.17, 15) is 9.59 Å². The number of primary amides is 1. The molecule has 0 aromatic heterocycles. The predicted octanol–water partition coefficient (Wildman–Crippen LogP) is 1.41. The number of carbonyl (C=O) groups excluding carboxylic acids is 2. The molecule has 0 saturated carbocycles. The minimum absolute atomic E-state index is 0.0873. The minimum Gasteiger partial charge on any atom is -0.371 e. The Morgan fingerprint density at radius 2 is 2.10 bits per heavy atom. The van der Waals surface area contributed by atoms with E-state index >= 15 is 0 Å². The van der Waals surface area contributed by atoms with Crippen molar-refractivity contribution in [3.05, 3.63) is 34.3 Å². The van der Waals surface area contributed by atoms with Gasteiger partial charge >= 0.3 is 6.03 Å². The molecule has 0 radical (unpaired) electrons. The van der Waals surface area contributed by atoms with E-state index in [0.29, 0.717) is 19.7 Å². The van der Waals surface area contributed by atoms with Crippen molar-refractivity contribution in [1.82, 2.24) is 10.2 Å². The van der Waals surface area contributed by atoms with Crippen LogP contribution < -0.4 is 11.1 Å². The van der Waals surface area contributed by atoms with Gasteiger partial charge in [0.1, 0.15) is 0 Å². The summed E-state index contributed by atoms with van der Waals surface area (Å²) in [6.45, 7) is 3.52. The Kier molecular flexibility index (Phi) is 5.33. The Bertz CT molecular complexity index is 521. The number of halogens is 1. The molecule has 0 bridgehead atoms. The van der Waals surface area contributed by atoms with Crippen LogP contribution in [-0.4, -0.2) is 42.6 Å². The van der Waals surface area contributed by atoms with Gasteiger partial charge in [-0.25, -0.2) is 4.79 Å². The molecule has 0 spiro atoms. The number of nitrogens with zero attached hydrogens (tertiary/aromatic N) is 1. The highest BCUT2D eigenvalue weighted by molar-refractivity contribution is 9.10. The van der Waals surface area contributed by atoms with Crippen molar-refractivity contribution >= 4 is 27.9 Å². The summed E-state index contributed by atoms with van der Waals surface area (Å²) >= 11 is 3.40. The average molecular weight is 356 g/mol.